The van der Waals surface area contributed by atoms with Crippen molar-refractivity contribution in [3.8, 4) is 5.75 Å². The van der Waals surface area contributed by atoms with E-state index in [1.165, 1.54) is 12.1 Å². The van der Waals surface area contributed by atoms with Crippen molar-refractivity contribution in [3.05, 3.63) is 29.8 Å². The zero-order valence-electron chi connectivity index (χ0n) is 16.5. The lowest BCUT2D eigenvalue weighted by molar-refractivity contribution is -0.233. The molecule has 152 valence electrons. The monoisotopic (exact) mass is 382 g/mol. The fraction of sp³-hybridized carbons (Fsp3) is 0.600. The summed E-state index contributed by atoms with van der Waals surface area (Å²) in [6.07, 6.45) is -1.12. The molecule has 7 nitrogen and oxygen atoms in total. The maximum atomic E-state index is 13.0. The second kappa shape index (κ2) is 11.8. The summed E-state index contributed by atoms with van der Waals surface area (Å²) in [5.41, 5.74) is 0.465. The highest BCUT2D eigenvalue weighted by molar-refractivity contribution is 5.92. The van der Waals surface area contributed by atoms with Gasteiger partial charge in [0, 0.05) is 44.8 Å². The van der Waals surface area contributed by atoms with E-state index in [9.17, 15) is 14.7 Å². The Balaban J connectivity index is 2.99. The third-order valence-electron chi connectivity index (χ3n) is 3.81. The van der Waals surface area contributed by atoms with E-state index in [0.717, 1.165) is 0 Å². The topological polar surface area (TPSA) is 91.3 Å². The maximum Gasteiger partial charge on any atom is 0.256 e. The van der Waals surface area contributed by atoms with Crippen LogP contribution in [0.3, 0.4) is 0 Å². The van der Waals surface area contributed by atoms with Crippen molar-refractivity contribution >= 4 is 11.6 Å². The SMILES string of the molecule is CCOC(OCC)C(=O)CCC(=O)C(OCC)(OCC)c1ccc(O)cc1. The Morgan fingerprint density at radius 3 is 1.85 bits per heavy atom. The zero-order chi connectivity index (χ0) is 20.3. The molecule has 0 atom stereocenters. The van der Waals surface area contributed by atoms with Gasteiger partial charge >= 0.3 is 0 Å². The molecule has 0 aliphatic rings. The lowest BCUT2D eigenvalue weighted by Gasteiger charge is -2.32. The standard InChI is InChI=1S/C20H30O7/c1-5-24-19(25-6-2)17(22)13-14-18(23)20(26-7-3,27-8-4)15-9-11-16(21)12-10-15/h9-12,19,21H,5-8,13-14H2,1-4H3. The number of hydrogen-bond donors (Lipinski definition) is 1. The summed E-state index contributed by atoms with van der Waals surface area (Å²) in [6, 6.07) is 6.06. The number of carbonyl (C=O) groups excluding carboxylic acids is 2. The van der Waals surface area contributed by atoms with Crippen molar-refractivity contribution in [2.75, 3.05) is 26.4 Å². The van der Waals surface area contributed by atoms with E-state index >= 15 is 0 Å². The van der Waals surface area contributed by atoms with Gasteiger partial charge in [-0.1, -0.05) is 0 Å². The molecule has 0 aliphatic carbocycles. The van der Waals surface area contributed by atoms with Crippen molar-refractivity contribution < 1.29 is 33.6 Å². The second-order valence-corrected chi connectivity index (χ2v) is 5.66. The van der Waals surface area contributed by atoms with E-state index in [1.54, 1.807) is 39.8 Å². The highest BCUT2D eigenvalue weighted by Crippen LogP contribution is 2.32. The highest BCUT2D eigenvalue weighted by atomic mass is 16.7. The molecule has 1 rings (SSSR count). The molecule has 0 spiro atoms. The van der Waals surface area contributed by atoms with Crippen LogP contribution >= 0.6 is 0 Å². The van der Waals surface area contributed by atoms with Crippen LogP contribution in [0.15, 0.2) is 24.3 Å². The number of phenols is 1. The Labute approximate surface area is 160 Å². The van der Waals surface area contributed by atoms with E-state index < -0.39 is 12.1 Å². The average Bonchev–Trinajstić information content (AvgIpc) is 2.66. The third kappa shape index (κ3) is 6.39. The number of phenolic OH excluding ortho intramolecular Hbond substituents is 1. The maximum absolute atomic E-state index is 13.0. The van der Waals surface area contributed by atoms with E-state index in [1.807, 2.05) is 0 Å². The zero-order valence-corrected chi connectivity index (χ0v) is 16.5. The number of rotatable bonds is 14. The molecule has 0 aromatic heterocycles. The van der Waals surface area contributed by atoms with Crippen LogP contribution in [0.4, 0.5) is 0 Å². The number of benzene rings is 1. The smallest absolute Gasteiger partial charge is 0.256 e. The molecular weight excluding hydrogens is 352 g/mol. The molecule has 0 unspecified atom stereocenters. The third-order valence-corrected chi connectivity index (χ3v) is 3.81. The number of Topliss-reactive ketones (excluding diaryl/α,β-unsaturated/α-hetero) is 2. The molecule has 0 amide bonds. The molecule has 1 aromatic carbocycles. The van der Waals surface area contributed by atoms with Crippen molar-refractivity contribution in [1.82, 2.24) is 0 Å². The van der Waals surface area contributed by atoms with Gasteiger partial charge in [-0.2, -0.15) is 0 Å². The first-order valence-electron chi connectivity index (χ1n) is 9.31. The fourth-order valence-corrected chi connectivity index (χ4v) is 2.67. The van der Waals surface area contributed by atoms with Crippen molar-refractivity contribution in [1.29, 1.82) is 0 Å². The Bertz CT molecular complexity index is 570. The van der Waals surface area contributed by atoms with Gasteiger partial charge in [0.15, 0.2) is 11.6 Å². The Morgan fingerprint density at radius 2 is 1.41 bits per heavy atom. The summed E-state index contributed by atoms with van der Waals surface area (Å²) in [6.45, 7) is 8.19. The minimum atomic E-state index is -1.62. The summed E-state index contributed by atoms with van der Waals surface area (Å²) < 4.78 is 22.0. The van der Waals surface area contributed by atoms with Crippen LogP contribution in [-0.4, -0.2) is 49.4 Å². The molecule has 27 heavy (non-hydrogen) atoms. The first-order valence-corrected chi connectivity index (χ1v) is 9.31. The van der Waals surface area contributed by atoms with E-state index in [-0.39, 0.29) is 43.4 Å². The lowest BCUT2D eigenvalue weighted by atomic mass is 9.96. The fourth-order valence-electron chi connectivity index (χ4n) is 2.67. The van der Waals surface area contributed by atoms with Crippen molar-refractivity contribution in [2.24, 2.45) is 0 Å². The molecule has 0 saturated carbocycles. The second-order valence-electron chi connectivity index (χ2n) is 5.66. The first-order chi connectivity index (χ1) is 12.9. The largest absolute Gasteiger partial charge is 0.508 e. The normalized spacial score (nSPS) is 11.7. The minimum absolute atomic E-state index is 0.0521. The molecular formula is C20H30O7. The van der Waals surface area contributed by atoms with Crippen LogP contribution in [0.2, 0.25) is 0 Å². The summed E-state index contributed by atoms with van der Waals surface area (Å²) >= 11 is 0. The summed E-state index contributed by atoms with van der Waals surface area (Å²) in [5, 5.41) is 9.52. The van der Waals surface area contributed by atoms with Gasteiger partial charge in [-0.25, -0.2) is 0 Å². The van der Waals surface area contributed by atoms with Crippen LogP contribution in [0.25, 0.3) is 0 Å². The van der Waals surface area contributed by atoms with Gasteiger partial charge in [0.1, 0.15) is 5.75 Å². The quantitative estimate of drug-likeness (QED) is 0.495. The number of ether oxygens (including phenoxy) is 4. The summed E-state index contributed by atoms with van der Waals surface area (Å²) in [7, 11) is 0. The lowest BCUT2D eigenvalue weighted by Crippen LogP contribution is -2.42. The molecule has 0 fully saturated rings. The summed E-state index contributed by atoms with van der Waals surface area (Å²) in [5.74, 6) is -2.24. The average molecular weight is 382 g/mol. The molecule has 0 bridgehead atoms. The highest BCUT2D eigenvalue weighted by Gasteiger charge is 2.42. The molecule has 0 aliphatic heterocycles. The van der Waals surface area contributed by atoms with Gasteiger partial charge in [0.2, 0.25) is 6.29 Å². The first kappa shape index (κ1) is 23.2. The van der Waals surface area contributed by atoms with E-state index in [4.69, 9.17) is 18.9 Å². The predicted molar refractivity (Wildman–Crippen MR) is 99.3 cm³/mol. The van der Waals surface area contributed by atoms with Crippen LogP contribution in [0.5, 0.6) is 5.75 Å². The Morgan fingerprint density at radius 1 is 0.889 bits per heavy atom. The minimum Gasteiger partial charge on any atom is -0.508 e. The van der Waals surface area contributed by atoms with Gasteiger partial charge in [-0.15, -0.1) is 0 Å². The van der Waals surface area contributed by atoms with Crippen molar-refractivity contribution in [2.45, 2.75) is 52.6 Å². The van der Waals surface area contributed by atoms with Gasteiger partial charge in [0.05, 0.1) is 0 Å². The van der Waals surface area contributed by atoms with Gasteiger partial charge in [-0.05, 0) is 52.0 Å². The molecule has 1 aromatic rings. The Hall–Kier alpha value is -1.80. The molecule has 0 radical (unpaired) electrons. The summed E-state index contributed by atoms with van der Waals surface area (Å²) in [4.78, 5) is 25.4. The number of hydrogen-bond acceptors (Lipinski definition) is 7. The number of ketones is 2. The van der Waals surface area contributed by atoms with Gasteiger partial charge in [0.25, 0.3) is 5.79 Å². The number of aromatic hydroxyl groups is 1. The van der Waals surface area contributed by atoms with Crippen LogP contribution in [-0.2, 0) is 34.3 Å². The van der Waals surface area contributed by atoms with Gasteiger partial charge < -0.3 is 24.1 Å². The van der Waals surface area contributed by atoms with E-state index in [0.29, 0.717) is 18.8 Å². The predicted octanol–water partition coefficient (Wildman–Crippen LogP) is 2.94. The Kier molecular flexibility index (Phi) is 10.2. The molecule has 7 heteroatoms. The van der Waals surface area contributed by atoms with Gasteiger partial charge in [-0.3, -0.25) is 9.59 Å². The van der Waals surface area contributed by atoms with Crippen LogP contribution in [0.1, 0.15) is 46.1 Å². The van der Waals surface area contributed by atoms with E-state index in [2.05, 4.69) is 0 Å². The van der Waals surface area contributed by atoms with Crippen LogP contribution < -0.4 is 0 Å². The molecule has 0 heterocycles. The number of carbonyl (C=O) groups is 2. The van der Waals surface area contributed by atoms with Crippen molar-refractivity contribution in [3.63, 3.8) is 0 Å². The van der Waals surface area contributed by atoms with Crippen LogP contribution in [0, 0.1) is 0 Å². The molecule has 0 saturated heterocycles. The molecule has 1 N–H and O–H groups in total.